The van der Waals surface area contributed by atoms with Crippen LogP contribution in [0.15, 0.2) is 59.3 Å². The number of hydrogen-bond acceptors (Lipinski definition) is 10. The molecule has 0 radical (unpaired) electrons. The van der Waals surface area contributed by atoms with Gasteiger partial charge in [0, 0.05) is 45.8 Å². The molecular weight excluding hydrogens is 827 g/mol. The molecule has 9 rings (SSSR count). The first-order valence-corrected chi connectivity index (χ1v) is 25.0. The molecule has 0 spiro atoms. The normalized spacial score (nSPS) is 14.5. The summed E-state index contributed by atoms with van der Waals surface area (Å²) in [6.07, 6.45) is 11.3. The van der Waals surface area contributed by atoms with E-state index in [0.29, 0.717) is 34.0 Å². The Hall–Kier alpha value is -3.26. The van der Waals surface area contributed by atoms with Crippen molar-refractivity contribution in [1.82, 2.24) is 17.5 Å². The summed E-state index contributed by atoms with van der Waals surface area (Å²) in [6.45, 7) is 9.23. The first-order valence-electron chi connectivity index (χ1n) is 20.2. The van der Waals surface area contributed by atoms with Crippen LogP contribution in [0.4, 0.5) is 8.78 Å². The molecule has 8 aromatic rings. The summed E-state index contributed by atoms with van der Waals surface area (Å²) in [5.74, 6) is 0.496. The molecule has 6 heterocycles. The maximum absolute atomic E-state index is 16.7. The zero-order valence-electron chi connectivity index (χ0n) is 32.5. The summed E-state index contributed by atoms with van der Waals surface area (Å²) in [7, 11) is 0. The third-order valence-corrected chi connectivity index (χ3v) is 17.4. The van der Waals surface area contributed by atoms with E-state index in [4.69, 9.17) is 17.5 Å². The Morgan fingerprint density at radius 1 is 0.579 bits per heavy atom. The number of thiophene rings is 4. The number of aromatic nitrogens is 4. The predicted molar refractivity (Wildman–Crippen MR) is 244 cm³/mol. The van der Waals surface area contributed by atoms with Crippen LogP contribution in [0.2, 0.25) is 0 Å². The van der Waals surface area contributed by atoms with Crippen molar-refractivity contribution in [2.45, 2.75) is 97.3 Å². The molecule has 0 bridgehead atoms. The number of nitrogens with zero attached hydrogens (tertiary/aromatic N) is 4. The third-order valence-electron chi connectivity index (χ3n) is 12.1. The molecule has 0 amide bonds. The smallest absolute Gasteiger partial charge is 0.134 e. The lowest BCUT2D eigenvalue weighted by Gasteiger charge is -2.37. The van der Waals surface area contributed by atoms with Crippen molar-refractivity contribution in [2.75, 3.05) is 0 Å². The highest BCUT2D eigenvalue weighted by molar-refractivity contribution is 7.26. The molecule has 57 heavy (non-hydrogen) atoms. The van der Waals surface area contributed by atoms with Gasteiger partial charge in [-0.3, -0.25) is 0 Å². The highest BCUT2D eigenvalue weighted by Crippen LogP contribution is 2.63. The van der Waals surface area contributed by atoms with E-state index in [1.165, 1.54) is 46.6 Å². The summed E-state index contributed by atoms with van der Waals surface area (Å²) >= 11 is 8.80. The summed E-state index contributed by atoms with van der Waals surface area (Å²) in [6, 6.07) is 15.9. The fourth-order valence-corrected chi connectivity index (χ4v) is 14.5. The highest BCUT2D eigenvalue weighted by atomic mass is 32.1. The number of unbranched alkanes of at least 4 members (excludes halogenated alkanes) is 2. The van der Waals surface area contributed by atoms with Gasteiger partial charge in [-0.1, -0.05) is 91.2 Å². The minimum atomic E-state index is -0.295. The standard InChI is InChI=1S/C45H44F2N4S6/c1-5-9-13-25(7-3)23-45(24-26(8-4)14-10-6-2)29-21-35(37-31(46)19-27(33-15-11-17-52-33)39-41(37)50-56-48-39)54-43(29)44-30(45)22-36(55-44)38-32(47)20-28(34-16-12-18-53-34)40-42(38)51-57-49-40/h11-12,15-22,25-26H,5-10,13-14,23-24H2,1-4H3. The van der Waals surface area contributed by atoms with E-state index >= 15 is 8.78 Å². The van der Waals surface area contributed by atoms with Crippen molar-refractivity contribution in [1.29, 1.82) is 0 Å². The molecule has 12 heteroatoms. The Morgan fingerprint density at radius 2 is 1.02 bits per heavy atom. The van der Waals surface area contributed by atoms with E-state index in [1.807, 2.05) is 35.0 Å². The van der Waals surface area contributed by atoms with Gasteiger partial charge < -0.3 is 0 Å². The van der Waals surface area contributed by atoms with Crippen molar-refractivity contribution < 1.29 is 8.78 Å². The molecule has 0 saturated heterocycles. The zero-order chi connectivity index (χ0) is 39.3. The van der Waals surface area contributed by atoms with Gasteiger partial charge in [-0.05, 0) is 83.0 Å². The highest BCUT2D eigenvalue weighted by Gasteiger charge is 2.48. The van der Waals surface area contributed by atoms with E-state index in [9.17, 15) is 0 Å². The predicted octanol–water partition coefficient (Wildman–Crippen LogP) is 16.4. The Balaban J connectivity index is 1.27. The summed E-state index contributed by atoms with van der Waals surface area (Å²) in [4.78, 5) is 6.12. The molecule has 1 aliphatic carbocycles. The van der Waals surface area contributed by atoms with Crippen molar-refractivity contribution in [2.24, 2.45) is 11.8 Å². The summed E-state index contributed by atoms with van der Waals surface area (Å²) < 4.78 is 52.3. The molecule has 2 atom stereocenters. The van der Waals surface area contributed by atoms with E-state index in [-0.39, 0.29) is 17.0 Å². The van der Waals surface area contributed by atoms with E-state index in [1.54, 1.807) is 57.5 Å². The molecule has 0 saturated carbocycles. The molecule has 6 aromatic heterocycles. The number of benzene rings is 2. The maximum Gasteiger partial charge on any atom is 0.134 e. The fourth-order valence-electron chi connectivity index (χ4n) is 9.14. The van der Waals surface area contributed by atoms with Crippen molar-refractivity contribution >= 4 is 90.9 Å². The van der Waals surface area contributed by atoms with Crippen LogP contribution in [0.3, 0.4) is 0 Å². The van der Waals surface area contributed by atoms with Gasteiger partial charge in [0.2, 0.25) is 0 Å². The lowest BCUT2D eigenvalue weighted by molar-refractivity contribution is 0.266. The summed E-state index contributed by atoms with van der Waals surface area (Å²) in [5, 5.41) is 4.02. The van der Waals surface area contributed by atoms with Crippen LogP contribution in [0.1, 0.15) is 103 Å². The van der Waals surface area contributed by atoms with Gasteiger partial charge in [-0.15, -0.1) is 45.3 Å². The second kappa shape index (κ2) is 16.4. The Kier molecular flexibility index (Phi) is 11.3. The van der Waals surface area contributed by atoms with Gasteiger partial charge >= 0.3 is 0 Å². The SMILES string of the molecule is CCCCC(CC)CC1(CC(CC)CCCC)c2cc(-c3c(F)cc(-c4cccs4)c4nsnc34)sc2-c2sc(-c3c(F)cc(-c4cccs4)c4nsnc34)cc21. The van der Waals surface area contributed by atoms with Crippen molar-refractivity contribution in [3.8, 4) is 51.5 Å². The van der Waals surface area contributed by atoms with Gasteiger partial charge in [-0.2, -0.15) is 17.5 Å². The average Bonchev–Trinajstić information content (AvgIpc) is 4.07. The zero-order valence-corrected chi connectivity index (χ0v) is 37.4. The molecular formula is C45H44F2N4S6. The Labute approximate surface area is 357 Å². The van der Waals surface area contributed by atoms with Gasteiger partial charge in [-0.25, -0.2) is 8.78 Å². The number of hydrogen-bond donors (Lipinski definition) is 0. The average molecular weight is 871 g/mol. The molecule has 0 fully saturated rings. The van der Waals surface area contributed by atoms with Crippen LogP contribution < -0.4 is 0 Å². The topological polar surface area (TPSA) is 51.6 Å². The van der Waals surface area contributed by atoms with Gasteiger partial charge in [0.15, 0.2) is 0 Å². The molecule has 0 N–H and O–H groups in total. The quantitative estimate of drug-likeness (QED) is 0.0971. The van der Waals surface area contributed by atoms with Crippen LogP contribution >= 0.6 is 68.8 Å². The van der Waals surface area contributed by atoms with Gasteiger partial charge in [0.25, 0.3) is 0 Å². The van der Waals surface area contributed by atoms with Gasteiger partial charge in [0.1, 0.15) is 33.7 Å². The minimum Gasteiger partial charge on any atom is -0.206 e. The van der Waals surface area contributed by atoms with Crippen LogP contribution in [0, 0.1) is 23.5 Å². The van der Waals surface area contributed by atoms with Crippen molar-refractivity contribution in [3.05, 3.63) is 82.1 Å². The second-order valence-electron chi connectivity index (χ2n) is 15.5. The van der Waals surface area contributed by atoms with E-state index in [2.05, 4.69) is 39.8 Å². The Bertz CT molecular complexity index is 2470. The first kappa shape index (κ1) is 39.2. The van der Waals surface area contributed by atoms with Crippen LogP contribution in [0.5, 0.6) is 0 Å². The lowest BCUT2D eigenvalue weighted by Crippen LogP contribution is -2.31. The van der Waals surface area contributed by atoms with Crippen molar-refractivity contribution in [3.63, 3.8) is 0 Å². The number of rotatable bonds is 16. The number of halogens is 2. The molecule has 2 unspecified atom stereocenters. The largest absolute Gasteiger partial charge is 0.206 e. The van der Waals surface area contributed by atoms with E-state index < -0.39 is 0 Å². The maximum atomic E-state index is 16.7. The third kappa shape index (κ3) is 6.85. The Morgan fingerprint density at radius 3 is 1.40 bits per heavy atom. The minimum absolute atomic E-state index is 0.272. The monoisotopic (exact) mass is 870 g/mol. The molecule has 4 nitrogen and oxygen atoms in total. The van der Waals surface area contributed by atoms with Crippen LogP contribution in [-0.2, 0) is 5.41 Å². The lowest BCUT2D eigenvalue weighted by atomic mass is 9.65. The van der Waals surface area contributed by atoms with Gasteiger partial charge in [0.05, 0.1) is 34.6 Å². The fraction of sp³-hybridized carbons (Fsp3) is 0.378. The first-order chi connectivity index (χ1) is 27.9. The van der Waals surface area contributed by atoms with Crippen LogP contribution in [-0.4, -0.2) is 17.5 Å². The molecule has 2 aromatic carbocycles. The molecule has 0 aliphatic heterocycles. The molecule has 1 aliphatic rings. The van der Waals surface area contributed by atoms with Crippen LogP contribution in [0.25, 0.3) is 73.6 Å². The molecule has 294 valence electrons. The number of fused-ring (bicyclic) bond motifs is 5. The van der Waals surface area contributed by atoms with E-state index in [0.717, 1.165) is 104 Å². The second-order valence-corrected chi connectivity index (χ2v) is 20.5. The summed E-state index contributed by atoms with van der Waals surface area (Å²) in [5.41, 5.74) is 7.71.